The lowest BCUT2D eigenvalue weighted by molar-refractivity contribution is 0.0701. The number of hydrogen-bond acceptors (Lipinski definition) is 5. The molecule has 0 spiro atoms. The number of carbonyl (C=O) groups is 1. The van der Waals surface area contributed by atoms with E-state index in [1.807, 2.05) is 6.92 Å². The van der Waals surface area contributed by atoms with E-state index < -0.39 is 5.97 Å². The average molecular weight is 267 g/mol. The topological polar surface area (TPSA) is 84.2 Å². The van der Waals surface area contributed by atoms with Gasteiger partial charge in [-0.25, -0.2) is 14.5 Å². The highest BCUT2D eigenvalue weighted by Gasteiger charge is 2.18. The van der Waals surface area contributed by atoms with Crippen LogP contribution in [0.15, 0.2) is 11.1 Å². The minimum Gasteiger partial charge on any atom is -0.477 e. The SMILES string of the molecule is CCCNn1cnc2sc(C(=O)O)c(C)c2c1=O. The van der Waals surface area contributed by atoms with E-state index in [2.05, 4.69) is 10.4 Å². The normalized spacial score (nSPS) is 10.8. The molecule has 0 radical (unpaired) electrons. The van der Waals surface area contributed by atoms with Crippen LogP contribution in [0.5, 0.6) is 0 Å². The van der Waals surface area contributed by atoms with Crippen molar-refractivity contribution in [3.05, 3.63) is 27.1 Å². The highest BCUT2D eigenvalue weighted by molar-refractivity contribution is 7.20. The first-order valence-electron chi connectivity index (χ1n) is 5.54. The quantitative estimate of drug-likeness (QED) is 0.875. The third-order valence-electron chi connectivity index (χ3n) is 2.58. The first-order chi connectivity index (χ1) is 8.56. The summed E-state index contributed by atoms with van der Waals surface area (Å²) in [6, 6.07) is 0. The molecule has 2 heterocycles. The molecule has 0 saturated carbocycles. The fourth-order valence-corrected chi connectivity index (χ4v) is 2.65. The number of aromatic carboxylic acids is 1. The second-order valence-electron chi connectivity index (χ2n) is 3.87. The zero-order valence-electron chi connectivity index (χ0n) is 10.1. The zero-order chi connectivity index (χ0) is 13.3. The molecule has 2 rings (SSSR count). The van der Waals surface area contributed by atoms with Crippen molar-refractivity contribution in [3.63, 3.8) is 0 Å². The maximum Gasteiger partial charge on any atom is 0.346 e. The Bertz CT molecular complexity index is 659. The molecule has 0 fully saturated rings. The molecule has 0 bridgehead atoms. The van der Waals surface area contributed by atoms with E-state index in [0.29, 0.717) is 22.3 Å². The van der Waals surface area contributed by atoms with Gasteiger partial charge in [-0.1, -0.05) is 6.92 Å². The van der Waals surface area contributed by atoms with E-state index in [1.54, 1.807) is 6.92 Å². The van der Waals surface area contributed by atoms with Gasteiger partial charge in [0.25, 0.3) is 5.56 Å². The van der Waals surface area contributed by atoms with Crippen LogP contribution >= 0.6 is 11.3 Å². The summed E-state index contributed by atoms with van der Waals surface area (Å²) < 4.78 is 1.30. The first-order valence-corrected chi connectivity index (χ1v) is 6.35. The Balaban J connectivity index is 2.63. The Hall–Kier alpha value is -1.89. The van der Waals surface area contributed by atoms with E-state index in [1.165, 1.54) is 11.0 Å². The standard InChI is InChI=1S/C11H13N3O3S/c1-3-4-13-14-5-12-9-7(10(14)15)6(2)8(18-9)11(16)17/h5,13H,3-4H2,1-2H3,(H,16,17). The van der Waals surface area contributed by atoms with Crippen molar-refractivity contribution >= 4 is 27.5 Å². The number of aryl methyl sites for hydroxylation is 1. The molecular weight excluding hydrogens is 254 g/mol. The molecule has 0 amide bonds. The predicted molar refractivity (Wildman–Crippen MR) is 70.1 cm³/mol. The van der Waals surface area contributed by atoms with Crippen molar-refractivity contribution in [2.45, 2.75) is 20.3 Å². The highest BCUT2D eigenvalue weighted by Crippen LogP contribution is 2.26. The highest BCUT2D eigenvalue weighted by atomic mass is 32.1. The largest absolute Gasteiger partial charge is 0.477 e. The fourth-order valence-electron chi connectivity index (χ4n) is 1.67. The van der Waals surface area contributed by atoms with Gasteiger partial charge < -0.3 is 10.5 Å². The Morgan fingerprint density at radius 2 is 2.33 bits per heavy atom. The van der Waals surface area contributed by atoms with Crippen LogP contribution in [0, 0.1) is 6.92 Å². The molecule has 0 saturated heterocycles. The van der Waals surface area contributed by atoms with Gasteiger partial charge in [0.2, 0.25) is 0 Å². The van der Waals surface area contributed by atoms with Crippen LogP contribution in [-0.2, 0) is 0 Å². The average Bonchev–Trinajstić information content (AvgIpc) is 2.67. The third-order valence-corrected chi connectivity index (χ3v) is 3.77. The number of fused-ring (bicyclic) bond motifs is 1. The Morgan fingerprint density at radius 1 is 1.61 bits per heavy atom. The molecule has 0 atom stereocenters. The maximum atomic E-state index is 12.2. The van der Waals surface area contributed by atoms with Crippen molar-refractivity contribution in [3.8, 4) is 0 Å². The molecule has 0 aromatic carbocycles. The van der Waals surface area contributed by atoms with Crippen molar-refractivity contribution in [1.29, 1.82) is 0 Å². The lowest BCUT2D eigenvalue weighted by atomic mass is 10.2. The molecule has 7 heteroatoms. The minimum atomic E-state index is -1.03. The van der Waals surface area contributed by atoms with Gasteiger partial charge in [0.1, 0.15) is 16.0 Å². The smallest absolute Gasteiger partial charge is 0.346 e. The van der Waals surface area contributed by atoms with Crippen LogP contribution < -0.4 is 11.0 Å². The molecule has 0 unspecified atom stereocenters. The number of nitrogens with zero attached hydrogens (tertiary/aromatic N) is 2. The number of nitrogens with one attached hydrogen (secondary N) is 1. The summed E-state index contributed by atoms with van der Waals surface area (Å²) in [5, 5.41) is 9.40. The van der Waals surface area contributed by atoms with Gasteiger partial charge in [-0.05, 0) is 18.9 Å². The van der Waals surface area contributed by atoms with Crippen LogP contribution in [-0.4, -0.2) is 27.3 Å². The maximum absolute atomic E-state index is 12.2. The molecule has 2 aromatic rings. The summed E-state index contributed by atoms with van der Waals surface area (Å²) in [6.07, 6.45) is 2.27. The van der Waals surface area contributed by atoms with Crippen molar-refractivity contribution in [2.75, 3.05) is 12.0 Å². The molecule has 0 aliphatic rings. The van der Waals surface area contributed by atoms with Crippen LogP contribution in [0.2, 0.25) is 0 Å². The second kappa shape index (κ2) is 4.77. The number of carboxylic acids is 1. The van der Waals surface area contributed by atoms with E-state index in [9.17, 15) is 9.59 Å². The van der Waals surface area contributed by atoms with Gasteiger partial charge in [0, 0.05) is 6.54 Å². The molecule has 0 aliphatic carbocycles. The van der Waals surface area contributed by atoms with E-state index in [4.69, 9.17) is 5.11 Å². The lowest BCUT2D eigenvalue weighted by Crippen LogP contribution is -2.29. The number of hydrogen-bond donors (Lipinski definition) is 2. The van der Waals surface area contributed by atoms with Gasteiger partial charge in [-0.3, -0.25) is 4.79 Å². The van der Waals surface area contributed by atoms with Crippen LogP contribution in [0.25, 0.3) is 10.2 Å². The summed E-state index contributed by atoms with van der Waals surface area (Å²) in [6.45, 7) is 4.28. The van der Waals surface area contributed by atoms with Gasteiger partial charge in [0.15, 0.2) is 0 Å². The monoisotopic (exact) mass is 267 g/mol. The lowest BCUT2D eigenvalue weighted by Gasteiger charge is -2.06. The fraction of sp³-hybridized carbons (Fsp3) is 0.364. The summed E-state index contributed by atoms with van der Waals surface area (Å²) in [5.41, 5.74) is 3.14. The number of rotatable bonds is 4. The van der Waals surface area contributed by atoms with E-state index in [-0.39, 0.29) is 10.4 Å². The summed E-state index contributed by atoms with van der Waals surface area (Å²) in [7, 11) is 0. The van der Waals surface area contributed by atoms with Crippen LogP contribution in [0.4, 0.5) is 0 Å². The van der Waals surface area contributed by atoms with Gasteiger partial charge >= 0.3 is 5.97 Å². The summed E-state index contributed by atoms with van der Waals surface area (Å²) in [5.74, 6) is -1.03. The van der Waals surface area contributed by atoms with Crippen LogP contribution in [0.1, 0.15) is 28.6 Å². The number of thiophene rings is 1. The number of aromatic nitrogens is 2. The Kier molecular flexibility index (Phi) is 3.33. The van der Waals surface area contributed by atoms with Crippen molar-refractivity contribution in [1.82, 2.24) is 9.66 Å². The molecule has 0 aliphatic heterocycles. The summed E-state index contributed by atoms with van der Waals surface area (Å²) >= 11 is 1.03. The molecular formula is C11H13N3O3S. The van der Waals surface area contributed by atoms with Crippen molar-refractivity contribution < 1.29 is 9.90 Å². The van der Waals surface area contributed by atoms with E-state index in [0.717, 1.165) is 17.8 Å². The Morgan fingerprint density at radius 3 is 2.94 bits per heavy atom. The molecule has 96 valence electrons. The number of carboxylic acid groups (broad SMARTS) is 1. The zero-order valence-corrected chi connectivity index (χ0v) is 10.9. The Labute approximate surface area is 107 Å². The molecule has 18 heavy (non-hydrogen) atoms. The van der Waals surface area contributed by atoms with Gasteiger partial charge in [-0.15, -0.1) is 11.3 Å². The van der Waals surface area contributed by atoms with E-state index >= 15 is 0 Å². The molecule has 2 aromatic heterocycles. The minimum absolute atomic E-state index is 0.169. The van der Waals surface area contributed by atoms with Crippen molar-refractivity contribution in [2.24, 2.45) is 0 Å². The second-order valence-corrected chi connectivity index (χ2v) is 4.87. The molecule has 2 N–H and O–H groups in total. The predicted octanol–water partition coefficient (Wildman–Crippen LogP) is 1.42. The summed E-state index contributed by atoms with van der Waals surface area (Å²) in [4.78, 5) is 27.9. The first kappa shape index (κ1) is 12.6. The van der Waals surface area contributed by atoms with Gasteiger partial charge in [0.05, 0.1) is 5.39 Å². The molecule has 6 nitrogen and oxygen atoms in total. The van der Waals surface area contributed by atoms with Gasteiger partial charge in [-0.2, -0.15) is 0 Å². The van der Waals surface area contributed by atoms with Crippen LogP contribution in [0.3, 0.4) is 0 Å². The third kappa shape index (κ3) is 1.97.